The van der Waals surface area contributed by atoms with E-state index in [1.54, 1.807) is 24.3 Å². The molecule has 0 saturated heterocycles. The normalized spacial score (nSPS) is 12.2. The molecule has 1 amide bonds. The summed E-state index contributed by atoms with van der Waals surface area (Å²) in [5.41, 5.74) is 3.71. The van der Waals surface area contributed by atoms with Crippen molar-refractivity contribution in [3.63, 3.8) is 0 Å². The van der Waals surface area contributed by atoms with Gasteiger partial charge in [-0.1, -0.05) is 18.2 Å². The van der Waals surface area contributed by atoms with Crippen LogP contribution in [0.4, 0.5) is 5.69 Å². The van der Waals surface area contributed by atoms with E-state index in [0.717, 1.165) is 19.3 Å². The first kappa shape index (κ1) is 19.6. The van der Waals surface area contributed by atoms with Crippen LogP contribution in [-0.4, -0.2) is 31.4 Å². The van der Waals surface area contributed by atoms with Gasteiger partial charge in [-0.15, -0.1) is 0 Å². The zero-order valence-electron chi connectivity index (χ0n) is 15.8. The molecule has 3 rings (SSSR count). The van der Waals surface area contributed by atoms with Gasteiger partial charge in [0.1, 0.15) is 5.75 Å². The van der Waals surface area contributed by atoms with Gasteiger partial charge in [0.2, 0.25) is 0 Å². The number of hydrogen-bond acceptors (Lipinski definition) is 5. The highest BCUT2D eigenvalue weighted by molar-refractivity contribution is 5.98. The number of rotatable bonds is 8. The quantitative estimate of drug-likeness (QED) is 0.560. The van der Waals surface area contributed by atoms with Crippen LogP contribution in [0.1, 0.15) is 40.7 Å². The van der Waals surface area contributed by atoms with Crippen LogP contribution in [0.15, 0.2) is 42.5 Å². The fourth-order valence-corrected chi connectivity index (χ4v) is 3.22. The Kier molecular flexibility index (Phi) is 6.42. The first-order valence-corrected chi connectivity index (χ1v) is 9.29. The topological polar surface area (TPSA) is 81.7 Å². The summed E-state index contributed by atoms with van der Waals surface area (Å²) < 4.78 is 10.0. The minimum Gasteiger partial charge on any atom is -0.497 e. The van der Waals surface area contributed by atoms with E-state index >= 15 is 0 Å². The Bertz CT molecular complexity index is 890. The van der Waals surface area contributed by atoms with Crippen LogP contribution >= 0.6 is 0 Å². The van der Waals surface area contributed by atoms with Gasteiger partial charge in [-0.2, -0.15) is 0 Å². The number of Topliss-reactive ketones (excluding diaryl/α,β-unsaturated/α-hetero) is 1. The van der Waals surface area contributed by atoms with Crippen LogP contribution in [0.3, 0.4) is 0 Å². The predicted molar refractivity (Wildman–Crippen MR) is 105 cm³/mol. The molecule has 0 atom stereocenters. The molecule has 0 spiro atoms. The molecule has 1 aliphatic rings. The van der Waals surface area contributed by atoms with E-state index < -0.39 is 18.5 Å². The molecule has 2 aromatic carbocycles. The summed E-state index contributed by atoms with van der Waals surface area (Å²) in [5, 5.41) is 2.62. The molecule has 0 fully saturated rings. The maximum atomic E-state index is 12.3. The van der Waals surface area contributed by atoms with E-state index in [1.807, 2.05) is 18.2 Å². The van der Waals surface area contributed by atoms with Crippen molar-refractivity contribution in [1.82, 2.24) is 0 Å². The Morgan fingerprint density at radius 3 is 2.64 bits per heavy atom. The van der Waals surface area contributed by atoms with Crippen LogP contribution in [0.5, 0.6) is 5.75 Å². The molecule has 6 heteroatoms. The number of amides is 1. The van der Waals surface area contributed by atoms with Crippen LogP contribution in [0.2, 0.25) is 0 Å². The fourth-order valence-electron chi connectivity index (χ4n) is 3.22. The summed E-state index contributed by atoms with van der Waals surface area (Å²) in [5.74, 6) is -0.505. The van der Waals surface area contributed by atoms with Crippen molar-refractivity contribution in [3.05, 3.63) is 59.2 Å². The molecule has 1 aliphatic carbocycles. The molecule has 0 saturated carbocycles. The van der Waals surface area contributed by atoms with E-state index in [9.17, 15) is 14.4 Å². The van der Waals surface area contributed by atoms with Gasteiger partial charge >= 0.3 is 5.97 Å². The molecule has 0 unspecified atom stereocenters. The number of ether oxygens (including phenoxy) is 2. The van der Waals surface area contributed by atoms with E-state index in [1.165, 1.54) is 18.2 Å². The highest BCUT2D eigenvalue weighted by Crippen LogP contribution is 2.23. The summed E-state index contributed by atoms with van der Waals surface area (Å²) in [6.07, 6.45) is 3.20. The number of esters is 1. The second-order valence-corrected chi connectivity index (χ2v) is 6.70. The number of fused-ring (bicyclic) bond motifs is 1. The number of ketones is 1. The van der Waals surface area contributed by atoms with Crippen LogP contribution < -0.4 is 10.1 Å². The van der Waals surface area contributed by atoms with Crippen LogP contribution in [0, 0.1) is 0 Å². The molecule has 0 bridgehead atoms. The smallest absolute Gasteiger partial charge is 0.306 e. The van der Waals surface area contributed by atoms with E-state index in [-0.39, 0.29) is 18.6 Å². The monoisotopic (exact) mass is 381 g/mol. The molecule has 146 valence electrons. The number of carbonyl (C=O) groups excluding carboxylic acids is 3. The van der Waals surface area contributed by atoms with Gasteiger partial charge in [0.05, 0.1) is 13.5 Å². The molecular formula is C22H23NO5. The van der Waals surface area contributed by atoms with Crippen LogP contribution in [-0.2, 0) is 27.2 Å². The van der Waals surface area contributed by atoms with Crippen molar-refractivity contribution in [2.45, 2.75) is 32.1 Å². The maximum Gasteiger partial charge on any atom is 0.306 e. The summed E-state index contributed by atoms with van der Waals surface area (Å²) in [7, 11) is 1.53. The molecule has 1 N–H and O–H groups in total. The van der Waals surface area contributed by atoms with Crippen molar-refractivity contribution in [2.24, 2.45) is 0 Å². The van der Waals surface area contributed by atoms with Crippen LogP contribution in [0.25, 0.3) is 0 Å². The SMILES string of the molecule is COc1cccc(NC(=O)COC(=O)CCC(=O)c2ccc3c(c2)CCC3)c1. The summed E-state index contributed by atoms with van der Waals surface area (Å²) in [4.78, 5) is 36.0. The standard InChI is InChI=1S/C22H23NO5/c1-27-19-7-3-6-18(13-19)23-21(25)14-28-22(26)11-10-20(24)17-9-8-15-4-2-5-16(15)12-17/h3,6-9,12-13H,2,4-5,10-11,14H2,1H3,(H,23,25). The summed E-state index contributed by atoms with van der Waals surface area (Å²) >= 11 is 0. The lowest BCUT2D eigenvalue weighted by Gasteiger charge is -2.08. The van der Waals surface area contributed by atoms with Crippen molar-refractivity contribution in [3.8, 4) is 5.75 Å². The number of hydrogen-bond donors (Lipinski definition) is 1. The third kappa shape index (κ3) is 5.19. The zero-order valence-corrected chi connectivity index (χ0v) is 15.8. The Morgan fingerprint density at radius 1 is 1.00 bits per heavy atom. The van der Waals surface area contributed by atoms with Crippen molar-refractivity contribution in [2.75, 3.05) is 19.0 Å². The lowest BCUT2D eigenvalue weighted by Crippen LogP contribution is -2.21. The van der Waals surface area contributed by atoms with E-state index in [4.69, 9.17) is 9.47 Å². The number of benzene rings is 2. The van der Waals surface area contributed by atoms with Gasteiger partial charge in [0, 0.05) is 23.7 Å². The Hall–Kier alpha value is -3.15. The molecule has 0 radical (unpaired) electrons. The fraction of sp³-hybridized carbons (Fsp3) is 0.318. The molecule has 0 aromatic heterocycles. The highest BCUT2D eigenvalue weighted by atomic mass is 16.5. The summed E-state index contributed by atoms with van der Waals surface area (Å²) in [6, 6.07) is 12.6. The number of nitrogens with one attached hydrogen (secondary N) is 1. The maximum absolute atomic E-state index is 12.3. The summed E-state index contributed by atoms with van der Waals surface area (Å²) in [6.45, 7) is -0.400. The third-order valence-corrected chi connectivity index (χ3v) is 4.69. The zero-order chi connectivity index (χ0) is 19.9. The van der Waals surface area contributed by atoms with Gasteiger partial charge in [0.25, 0.3) is 5.91 Å². The Balaban J connectivity index is 1.41. The second-order valence-electron chi connectivity index (χ2n) is 6.70. The van der Waals surface area contributed by atoms with E-state index in [0.29, 0.717) is 17.0 Å². The van der Waals surface area contributed by atoms with Crippen molar-refractivity contribution in [1.29, 1.82) is 0 Å². The number of carbonyl (C=O) groups is 3. The Morgan fingerprint density at radius 2 is 1.82 bits per heavy atom. The number of anilines is 1. The van der Waals surface area contributed by atoms with E-state index in [2.05, 4.69) is 5.32 Å². The third-order valence-electron chi connectivity index (χ3n) is 4.69. The predicted octanol–water partition coefficient (Wildman–Crippen LogP) is 3.33. The Labute approximate surface area is 163 Å². The first-order valence-electron chi connectivity index (χ1n) is 9.29. The molecular weight excluding hydrogens is 358 g/mol. The molecule has 2 aromatic rings. The first-order chi connectivity index (χ1) is 13.5. The largest absolute Gasteiger partial charge is 0.497 e. The van der Waals surface area contributed by atoms with Crippen molar-refractivity contribution >= 4 is 23.3 Å². The molecule has 0 aliphatic heterocycles. The van der Waals surface area contributed by atoms with Gasteiger partial charge in [-0.3, -0.25) is 14.4 Å². The van der Waals surface area contributed by atoms with Gasteiger partial charge in [-0.25, -0.2) is 0 Å². The average molecular weight is 381 g/mol. The number of methoxy groups -OCH3 is 1. The average Bonchev–Trinajstić information content (AvgIpc) is 3.18. The molecule has 28 heavy (non-hydrogen) atoms. The molecule has 6 nitrogen and oxygen atoms in total. The molecule has 0 heterocycles. The van der Waals surface area contributed by atoms with Gasteiger partial charge in [0.15, 0.2) is 12.4 Å². The highest BCUT2D eigenvalue weighted by Gasteiger charge is 2.16. The van der Waals surface area contributed by atoms with Crippen molar-refractivity contribution < 1.29 is 23.9 Å². The minimum absolute atomic E-state index is 0.0532. The lowest BCUT2D eigenvalue weighted by molar-refractivity contribution is -0.147. The van der Waals surface area contributed by atoms with Gasteiger partial charge < -0.3 is 14.8 Å². The minimum atomic E-state index is -0.574. The second kappa shape index (κ2) is 9.17. The van der Waals surface area contributed by atoms with Gasteiger partial charge in [-0.05, 0) is 48.6 Å². The number of aryl methyl sites for hydroxylation is 2. The lowest BCUT2D eigenvalue weighted by atomic mass is 10.0.